The van der Waals surface area contributed by atoms with E-state index in [2.05, 4.69) is 0 Å². The van der Waals surface area contributed by atoms with Crippen LogP contribution in [0.5, 0.6) is 0 Å². The molecule has 0 N–H and O–H groups in total. The van der Waals surface area contributed by atoms with E-state index in [-0.39, 0.29) is 46.8 Å². The van der Waals surface area contributed by atoms with Gasteiger partial charge in [-0.3, -0.25) is 19.2 Å². The fraction of sp³-hybridized carbons (Fsp3) is 0.333. The fourth-order valence-corrected chi connectivity index (χ4v) is 5.58. The van der Waals surface area contributed by atoms with Crippen molar-refractivity contribution >= 4 is 35.1 Å². The van der Waals surface area contributed by atoms with Crippen LogP contribution in [0.25, 0.3) is 0 Å². The Hall–Kier alpha value is -2.99. The lowest BCUT2D eigenvalue weighted by atomic mass is 9.81. The molecule has 31 heavy (non-hydrogen) atoms. The molecule has 2 aromatic rings. The van der Waals surface area contributed by atoms with Crippen LogP contribution in [0.1, 0.15) is 40.0 Å². The Morgan fingerprint density at radius 3 is 2.03 bits per heavy atom. The van der Waals surface area contributed by atoms with E-state index < -0.39 is 12.5 Å². The number of halogens is 1. The number of fused-ring (bicyclic) bond motifs is 5. The van der Waals surface area contributed by atoms with E-state index in [4.69, 9.17) is 11.6 Å². The van der Waals surface area contributed by atoms with Gasteiger partial charge in [-0.2, -0.15) is 5.01 Å². The number of hydrogen-bond acceptors (Lipinski definition) is 4. The third kappa shape index (κ3) is 3.26. The second-order valence-corrected chi connectivity index (χ2v) is 8.97. The first-order valence-corrected chi connectivity index (χ1v) is 10.9. The van der Waals surface area contributed by atoms with E-state index in [1.54, 1.807) is 42.5 Å². The molecule has 3 amide bonds. The number of benzene rings is 2. The number of imide groups is 1. The summed E-state index contributed by atoms with van der Waals surface area (Å²) in [4.78, 5) is 53.0. The molecular formula is C24H21ClN2O4. The zero-order chi connectivity index (χ0) is 21.7. The molecule has 1 saturated heterocycles. The molecule has 1 heterocycles. The summed E-state index contributed by atoms with van der Waals surface area (Å²) in [6, 6.07) is 14.7. The highest BCUT2D eigenvalue weighted by Gasteiger charge is 2.62. The maximum absolute atomic E-state index is 13.4. The molecule has 7 heteroatoms. The summed E-state index contributed by atoms with van der Waals surface area (Å²) in [6.07, 6.45) is 2.77. The third-order valence-electron chi connectivity index (χ3n) is 6.86. The minimum Gasteiger partial charge on any atom is -0.292 e. The van der Waals surface area contributed by atoms with Crippen molar-refractivity contribution in [2.45, 2.75) is 19.3 Å². The molecule has 3 aliphatic rings. The van der Waals surface area contributed by atoms with Gasteiger partial charge in [-0.05, 0) is 55.4 Å². The maximum atomic E-state index is 13.4. The number of hydrogen-bond donors (Lipinski definition) is 0. The summed E-state index contributed by atoms with van der Waals surface area (Å²) < 4.78 is 0. The zero-order valence-corrected chi connectivity index (χ0v) is 17.5. The molecule has 158 valence electrons. The molecule has 2 bridgehead atoms. The minimum absolute atomic E-state index is 0.189. The van der Waals surface area contributed by atoms with Gasteiger partial charge in [-0.15, -0.1) is 0 Å². The Morgan fingerprint density at radius 1 is 0.871 bits per heavy atom. The van der Waals surface area contributed by atoms with E-state index in [1.165, 1.54) is 12.1 Å². The Labute approximate surface area is 184 Å². The van der Waals surface area contributed by atoms with E-state index in [9.17, 15) is 19.2 Å². The van der Waals surface area contributed by atoms with Gasteiger partial charge in [-0.25, -0.2) is 5.01 Å². The van der Waals surface area contributed by atoms with Crippen LogP contribution in [0, 0.1) is 23.7 Å². The lowest BCUT2D eigenvalue weighted by Crippen LogP contribution is -2.52. The molecule has 6 nitrogen and oxygen atoms in total. The van der Waals surface area contributed by atoms with Gasteiger partial charge in [0, 0.05) is 16.1 Å². The number of ketones is 1. The van der Waals surface area contributed by atoms with Gasteiger partial charge in [0.1, 0.15) is 6.54 Å². The molecule has 0 radical (unpaired) electrons. The van der Waals surface area contributed by atoms with Crippen molar-refractivity contribution in [2.24, 2.45) is 23.7 Å². The second kappa shape index (κ2) is 7.61. The number of carbonyl (C=O) groups is 4. The fourth-order valence-electron chi connectivity index (χ4n) is 5.46. The van der Waals surface area contributed by atoms with Crippen molar-refractivity contribution in [1.29, 1.82) is 0 Å². The number of nitrogens with zero attached hydrogens (tertiary/aromatic N) is 2. The van der Waals surface area contributed by atoms with Crippen molar-refractivity contribution in [3.05, 3.63) is 70.7 Å². The van der Waals surface area contributed by atoms with E-state index >= 15 is 0 Å². The second-order valence-electron chi connectivity index (χ2n) is 8.53. The third-order valence-corrected chi connectivity index (χ3v) is 7.11. The largest absolute Gasteiger partial charge is 0.292 e. The molecular weight excluding hydrogens is 416 g/mol. The molecule has 5 rings (SSSR count). The molecule has 2 aliphatic carbocycles. The van der Waals surface area contributed by atoms with Crippen LogP contribution in [0.2, 0.25) is 5.02 Å². The molecule has 0 unspecified atom stereocenters. The summed E-state index contributed by atoms with van der Waals surface area (Å²) >= 11 is 5.94. The Kier molecular flexibility index (Phi) is 4.89. The standard InChI is InChI=1S/C24H21ClN2O4/c25-18-10-8-15(9-11-18)22(29)26(13-19(28)14-4-2-1-3-5-14)27-23(30)20-16-6-7-17(12-16)21(20)24(27)31/h1-5,8-11,16-17,20-21H,6-7,12-13H2/t16-,17-,20+,21+/m0/s1. The molecule has 2 saturated carbocycles. The van der Waals surface area contributed by atoms with Crippen LogP contribution in [0.3, 0.4) is 0 Å². The first-order chi connectivity index (χ1) is 15.0. The predicted molar refractivity (Wildman–Crippen MR) is 113 cm³/mol. The highest BCUT2D eigenvalue weighted by atomic mass is 35.5. The molecule has 1 aliphatic heterocycles. The van der Waals surface area contributed by atoms with Gasteiger partial charge in [0.05, 0.1) is 11.8 Å². The van der Waals surface area contributed by atoms with Crippen molar-refractivity contribution in [2.75, 3.05) is 6.54 Å². The number of hydrazine groups is 1. The van der Waals surface area contributed by atoms with Gasteiger partial charge < -0.3 is 0 Å². The van der Waals surface area contributed by atoms with Crippen LogP contribution >= 0.6 is 11.6 Å². The van der Waals surface area contributed by atoms with E-state index in [0.29, 0.717) is 10.6 Å². The van der Waals surface area contributed by atoms with E-state index in [0.717, 1.165) is 29.3 Å². The van der Waals surface area contributed by atoms with Crippen LogP contribution in [0.4, 0.5) is 0 Å². The van der Waals surface area contributed by atoms with Crippen LogP contribution < -0.4 is 0 Å². The monoisotopic (exact) mass is 436 g/mol. The van der Waals surface area contributed by atoms with Crippen molar-refractivity contribution in [3.8, 4) is 0 Å². The van der Waals surface area contributed by atoms with Crippen LogP contribution in [-0.4, -0.2) is 40.1 Å². The smallest absolute Gasteiger partial charge is 0.273 e. The highest BCUT2D eigenvalue weighted by molar-refractivity contribution is 6.30. The quantitative estimate of drug-likeness (QED) is 0.530. The van der Waals surface area contributed by atoms with Crippen LogP contribution in [-0.2, 0) is 9.59 Å². The lowest BCUT2D eigenvalue weighted by Gasteiger charge is -2.30. The van der Waals surface area contributed by atoms with Crippen molar-refractivity contribution < 1.29 is 19.2 Å². The Balaban J connectivity index is 1.50. The minimum atomic E-state index is -0.574. The summed E-state index contributed by atoms with van der Waals surface area (Å²) in [5, 5.41) is 2.45. The normalized spacial score (nSPS) is 26.3. The summed E-state index contributed by atoms with van der Waals surface area (Å²) in [5.41, 5.74) is 0.668. The summed E-state index contributed by atoms with van der Waals surface area (Å²) in [7, 11) is 0. The topological polar surface area (TPSA) is 74.8 Å². The molecule has 0 spiro atoms. The summed E-state index contributed by atoms with van der Waals surface area (Å²) in [5.74, 6) is -2.01. The van der Waals surface area contributed by atoms with Crippen molar-refractivity contribution in [1.82, 2.24) is 10.0 Å². The first kappa shape index (κ1) is 19.9. The maximum Gasteiger partial charge on any atom is 0.273 e. The number of carbonyl (C=O) groups excluding carboxylic acids is 4. The predicted octanol–water partition coefficient (Wildman–Crippen LogP) is 3.61. The van der Waals surface area contributed by atoms with E-state index in [1.807, 2.05) is 0 Å². The van der Waals surface area contributed by atoms with Gasteiger partial charge >= 0.3 is 0 Å². The summed E-state index contributed by atoms with van der Waals surface area (Å²) in [6.45, 7) is -0.391. The number of amides is 3. The molecule has 2 aromatic carbocycles. The number of Topliss-reactive ketones (excluding diaryl/α,β-unsaturated/α-hetero) is 1. The number of rotatable bonds is 5. The zero-order valence-electron chi connectivity index (χ0n) is 16.7. The molecule has 4 atom stereocenters. The lowest BCUT2D eigenvalue weighted by molar-refractivity contribution is -0.154. The van der Waals surface area contributed by atoms with Gasteiger partial charge in [0.2, 0.25) is 0 Å². The first-order valence-electron chi connectivity index (χ1n) is 10.5. The van der Waals surface area contributed by atoms with Gasteiger partial charge in [-0.1, -0.05) is 41.9 Å². The van der Waals surface area contributed by atoms with Gasteiger partial charge in [0.15, 0.2) is 5.78 Å². The van der Waals surface area contributed by atoms with Crippen molar-refractivity contribution in [3.63, 3.8) is 0 Å². The highest BCUT2D eigenvalue weighted by Crippen LogP contribution is 2.56. The SMILES string of the molecule is O=C(CN(C(=O)c1ccc(Cl)cc1)N1C(=O)[C@@H]2[C@H]3CC[C@@H](C3)[C@H]2C1=O)c1ccccc1. The van der Waals surface area contributed by atoms with Gasteiger partial charge in [0.25, 0.3) is 17.7 Å². The Bertz CT molecular complexity index is 1040. The average Bonchev–Trinajstić information content (AvgIpc) is 3.47. The molecule has 0 aromatic heterocycles. The average molecular weight is 437 g/mol. The van der Waals surface area contributed by atoms with Crippen LogP contribution in [0.15, 0.2) is 54.6 Å². The molecule has 3 fully saturated rings. The Morgan fingerprint density at radius 2 is 1.45 bits per heavy atom.